The third-order valence-electron chi connectivity index (χ3n) is 4.07. The van der Waals surface area contributed by atoms with E-state index in [0.29, 0.717) is 25.8 Å². The summed E-state index contributed by atoms with van der Waals surface area (Å²) >= 11 is 0. The first-order valence-electron chi connectivity index (χ1n) is 7.18. The molecule has 1 atom stereocenters. The Kier molecular flexibility index (Phi) is 5.15. The van der Waals surface area contributed by atoms with E-state index in [1.165, 1.54) is 0 Å². The Morgan fingerprint density at radius 3 is 2.26 bits per heavy atom. The standard InChI is InChI=1S/C15H26N2O2/c1-6-12-13(18)17(10-9-11(4)5)15(7-2,8-3)14(19)16-12/h9,12H,6-8,10H2,1-5H3,(H,16,19). The molecular formula is C15H26N2O2. The van der Waals surface area contributed by atoms with Crippen LogP contribution in [0, 0.1) is 0 Å². The molecule has 108 valence electrons. The van der Waals surface area contributed by atoms with E-state index in [9.17, 15) is 9.59 Å². The summed E-state index contributed by atoms with van der Waals surface area (Å²) in [5.74, 6) is 0.0365. The largest absolute Gasteiger partial charge is 0.342 e. The van der Waals surface area contributed by atoms with Crippen molar-refractivity contribution in [1.82, 2.24) is 10.2 Å². The molecule has 0 aromatic carbocycles. The van der Waals surface area contributed by atoms with Crippen LogP contribution in [0.5, 0.6) is 0 Å². The second-order valence-electron chi connectivity index (χ2n) is 5.40. The van der Waals surface area contributed by atoms with Gasteiger partial charge in [-0.3, -0.25) is 9.59 Å². The van der Waals surface area contributed by atoms with E-state index in [0.717, 1.165) is 5.57 Å². The number of rotatable bonds is 5. The molecule has 1 unspecified atom stereocenters. The lowest BCUT2D eigenvalue weighted by molar-refractivity contribution is -0.157. The van der Waals surface area contributed by atoms with Crippen LogP contribution in [-0.4, -0.2) is 34.8 Å². The smallest absolute Gasteiger partial charge is 0.246 e. The van der Waals surface area contributed by atoms with Crippen molar-refractivity contribution in [3.8, 4) is 0 Å². The molecule has 4 heteroatoms. The molecule has 0 spiro atoms. The van der Waals surface area contributed by atoms with Gasteiger partial charge in [0.05, 0.1) is 0 Å². The van der Waals surface area contributed by atoms with Gasteiger partial charge in [0.1, 0.15) is 11.6 Å². The third-order valence-corrected chi connectivity index (χ3v) is 4.07. The number of carbonyl (C=O) groups is 2. The molecule has 4 nitrogen and oxygen atoms in total. The fourth-order valence-electron chi connectivity index (χ4n) is 2.64. The second-order valence-corrected chi connectivity index (χ2v) is 5.40. The zero-order valence-corrected chi connectivity index (χ0v) is 12.7. The highest BCUT2D eigenvalue weighted by Gasteiger charge is 2.49. The number of nitrogens with zero attached hydrogens (tertiary/aromatic N) is 1. The van der Waals surface area contributed by atoms with Crippen molar-refractivity contribution in [1.29, 1.82) is 0 Å². The number of nitrogens with one attached hydrogen (secondary N) is 1. The van der Waals surface area contributed by atoms with Gasteiger partial charge >= 0.3 is 0 Å². The van der Waals surface area contributed by atoms with Crippen LogP contribution in [0.25, 0.3) is 0 Å². The molecule has 0 aromatic rings. The van der Waals surface area contributed by atoms with Gasteiger partial charge in [-0.15, -0.1) is 0 Å². The van der Waals surface area contributed by atoms with Crippen molar-refractivity contribution >= 4 is 11.8 Å². The van der Waals surface area contributed by atoms with Crippen molar-refractivity contribution < 1.29 is 9.59 Å². The van der Waals surface area contributed by atoms with Crippen molar-refractivity contribution in [2.75, 3.05) is 6.54 Å². The van der Waals surface area contributed by atoms with Gasteiger partial charge in [0.15, 0.2) is 0 Å². The van der Waals surface area contributed by atoms with Gasteiger partial charge in [-0.1, -0.05) is 32.4 Å². The van der Waals surface area contributed by atoms with Gasteiger partial charge in [-0.25, -0.2) is 0 Å². The number of amides is 2. The van der Waals surface area contributed by atoms with Crippen LogP contribution in [0.1, 0.15) is 53.9 Å². The van der Waals surface area contributed by atoms with Gasteiger partial charge < -0.3 is 10.2 Å². The maximum Gasteiger partial charge on any atom is 0.246 e. The van der Waals surface area contributed by atoms with E-state index in [2.05, 4.69) is 5.32 Å². The Hall–Kier alpha value is -1.32. The van der Waals surface area contributed by atoms with Crippen LogP contribution < -0.4 is 5.32 Å². The number of allylic oxidation sites excluding steroid dienone is 1. The molecule has 1 fully saturated rings. The predicted octanol–water partition coefficient (Wildman–Crippen LogP) is 2.25. The maximum atomic E-state index is 12.5. The van der Waals surface area contributed by atoms with E-state index in [-0.39, 0.29) is 17.9 Å². The summed E-state index contributed by atoms with van der Waals surface area (Å²) in [6.07, 6.45) is 3.95. The lowest BCUT2D eigenvalue weighted by atomic mass is 9.85. The van der Waals surface area contributed by atoms with Crippen molar-refractivity contribution in [3.05, 3.63) is 11.6 Å². The van der Waals surface area contributed by atoms with Crippen LogP contribution in [0.4, 0.5) is 0 Å². The average molecular weight is 266 g/mol. The molecule has 1 heterocycles. The van der Waals surface area contributed by atoms with Gasteiger partial charge in [0.25, 0.3) is 0 Å². The Balaban J connectivity index is 3.15. The molecule has 0 aromatic heterocycles. The fourth-order valence-corrected chi connectivity index (χ4v) is 2.64. The summed E-state index contributed by atoms with van der Waals surface area (Å²) in [5, 5.41) is 2.88. The first-order chi connectivity index (χ1) is 8.92. The quantitative estimate of drug-likeness (QED) is 0.776. The molecule has 0 aliphatic carbocycles. The van der Waals surface area contributed by atoms with Crippen molar-refractivity contribution in [2.45, 2.75) is 65.5 Å². The predicted molar refractivity (Wildman–Crippen MR) is 76.7 cm³/mol. The molecule has 1 rings (SSSR count). The Labute approximate surface area is 116 Å². The summed E-state index contributed by atoms with van der Waals surface area (Å²) < 4.78 is 0. The molecule has 2 amide bonds. The first kappa shape index (κ1) is 15.7. The fraction of sp³-hybridized carbons (Fsp3) is 0.733. The Morgan fingerprint density at radius 1 is 1.26 bits per heavy atom. The lowest BCUT2D eigenvalue weighted by Crippen LogP contribution is -2.70. The molecule has 1 saturated heterocycles. The molecule has 1 N–H and O–H groups in total. The minimum absolute atomic E-state index is 0.00824. The molecule has 1 aliphatic heterocycles. The number of carbonyl (C=O) groups excluding carboxylic acids is 2. The summed E-state index contributed by atoms with van der Waals surface area (Å²) in [6, 6.07) is -0.371. The molecule has 1 aliphatic rings. The molecular weight excluding hydrogens is 240 g/mol. The van der Waals surface area contributed by atoms with Crippen LogP contribution in [0.2, 0.25) is 0 Å². The summed E-state index contributed by atoms with van der Waals surface area (Å²) in [5.41, 5.74) is 0.474. The highest BCUT2D eigenvalue weighted by molar-refractivity contribution is 5.99. The average Bonchev–Trinajstić information content (AvgIpc) is 2.39. The first-order valence-corrected chi connectivity index (χ1v) is 7.18. The Bertz CT molecular complexity index is 380. The van der Waals surface area contributed by atoms with E-state index >= 15 is 0 Å². The van der Waals surface area contributed by atoms with E-state index < -0.39 is 5.54 Å². The molecule has 0 radical (unpaired) electrons. The third kappa shape index (κ3) is 2.82. The van der Waals surface area contributed by atoms with Crippen LogP contribution in [-0.2, 0) is 9.59 Å². The lowest BCUT2D eigenvalue weighted by Gasteiger charge is -2.47. The summed E-state index contributed by atoms with van der Waals surface area (Å²) in [7, 11) is 0. The number of hydrogen-bond donors (Lipinski definition) is 1. The maximum absolute atomic E-state index is 12.5. The SMILES string of the molecule is CCC1NC(=O)C(CC)(CC)N(CC=C(C)C)C1=O. The monoisotopic (exact) mass is 266 g/mol. The Morgan fingerprint density at radius 2 is 1.84 bits per heavy atom. The molecule has 0 saturated carbocycles. The normalized spacial score (nSPS) is 22.2. The van der Waals surface area contributed by atoms with Gasteiger partial charge in [-0.05, 0) is 33.1 Å². The topological polar surface area (TPSA) is 49.4 Å². The van der Waals surface area contributed by atoms with Crippen molar-refractivity contribution in [3.63, 3.8) is 0 Å². The minimum atomic E-state index is -0.686. The molecule has 19 heavy (non-hydrogen) atoms. The minimum Gasteiger partial charge on any atom is -0.342 e. The van der Waals surface area contributed by atoms with E-state index in [4.69, 9.17) is 0 Å². The number of hydrogen-bond acceptors (Lipinski definition) is 2. The van der Waals surface area contributed by atoms with Gasteiger partial charge in [0, 0.05) is 6.54 Å². The van der Waals surface area contributed by atoms with Gasteiger partial charge in [0.2, 0.25) is 11.8 Å². The van der Waals surface area contributed by atoms with Crippen LogP contribution in [0.15, 0.2) is 11.6 Å². The zero-order valence-electron chi connectivity index (χ0n) is 12.7. The van der Waals surface area contributed by atoms with Gasteiger partial charge in [-0.2, -0.15) is 0 Å². The highest BCUT2D eigenvalue weighted by atomic mass is 16.2. The van der Waals surface area contributed by atoms with Crippen LogP contribution >= 0.6 is 0 Å². The summed E-state index contributed by atoms with van der Waals surface area (Å²) in [4.78, 5) is 26.7. The molecule has 0 bridgehead atoms. The van der Waals surface area contributed by atoms with Crippen molar-refractivity contribution in [2.24, 2.45) is 0 Å². The van der Waals surface area contributed by atoms with E-state index in [1.54, 1.807) is 4.90 Å². The zero-order chi connectivity index (χ0) is 14.6. The highest BCUT2D eigenvalue weighted by Crippen LogP contribution is 2.29. The summed E-state index contributed by atoms with van der Waals surface area (Å²) in [6.45, 7) is 10.4. The van der Waals surface area contributed by atoms with E-state index in [1.807, 2.05) is 40.7 Å². The number of piperazine rings is 1. The second kappa shape index (κ2) is 6.22. The van der Waals surface area contributed by atoms with Crippen LogP contribution in [0.3, 0.4) is 0 Å².